The molecule has 0 aromatic carbocycles. The predicted octanol–water partition coefficient (Wildman–Crippen LogP) is 0.865. The molecule has 0 aromatic rings. The summed E-state index contributed by atoms with van der Waals surface area (Å²) in [6, 6.07) is 0. The number of carbonyl (C=O) groups is 2. The maximum absolute atomic E-state index is 11.8. The molecule has 2 N–H and O–H groups in total. The van der Waals surface area contributed by atoms with E-state index in [-0.39, 0.29) is 17.1 Å². The van der Waals surface area contributed by atoms with Gasteiger partial charge in [0.2, 0.25) is 5.91 Å². The fourth-order valence-corrected chi connectivity index (χ4v) is 2.07. The van der Waals surface area contributed by atoms with Crippen LogP contribution in [-0.4, -0.2) is 48.1 Å². The lowest BCUT2D eigenvalue weighted by atomic mass is 10.1. The monoisotopic (exact) mass is 254 g/mol. The number of nitrogens with one attached hydrogen (secondary N) is 1. The second-order valence-electron chi connectivity index (χ2n) is 4.81. The molecule has 5 nitrogen and oxygen atoms in total. The molecule has 1 unspecified atom stereocenters. The Morgan fingerprint density at radius 3 is 2.50 bits per heavy atom. The molecule has 5 heteroatoms. The summed E-state index contributed by atoms with van der Waals surface area (Å²) in [6.45, 7) is 8.89. The largest absolute Gasteiger partial charge is 0.478 e. The van der Waals surface area contributed by atoms with Crippen LogP contribution in [0.15, 0.2) is 11.1 Å². The van der Waals surface area contributed by atoms with E-state index in [1.54, 1.807) is 6.92 Å². The molecule has 1 heterocycles. The van der Waals surface area contributed by atoms with Gasteiger partial charge in [-0.25, -0.2) is 4.79 Å². The predicted molar refractivity (Wildman–Crippen MR) is 69.2 cm³/mol. The van der Waals surface area contributed by atoms with Gasteiger partial charge in [0.25, 0.3) is 0 Å². The van der Waals surface area contributed by atoms with Gasteiger partial charge in [-0.2, -0.15) is 0 Å². The Hall–Kier alpha value is -1.36. The van der Waals surface area contributed by atoms with E-state index in [4.69, 9.17) is 5.11 Å². The Kier molecular flexibility index (Phi) is 5.34. The summed E-state index contributed by atoms with van der Waals surface area (Å²) >= 11 is 0. The van der Waals surface area contributed by atoms with E-state index in [2.05, 4.69) is 17.1 Å². The fraction of sp³-hybridized carbons (Fsp3) is 0.692. The van der Waals surface area contributed by atoms with Crippen molar-refractivity contribution in [2.45, 2.75) is 27.2 Å². The lowest BCUT2D eigenvalue weighted by Crippen LogP contribution is -2.32. The molecule has 1 saturated heterocycles. The van der Waals surface area contributed by atoms with Crippen molar-refractivity contribution in [2.24, 2.45) is 5.92 Å². The van der Waals surface area contributed by atoms with Crippen molar-refractivity contribution < 1.29 is 14.7 Å². The number of carbonyl (C=O) groups excluding carboxylic acids is 1. The number of carboxylic acids is 1. The van der Waals surface area contributed by atoms with Crippen LogP contribution in [0.25, 0.3) is 0 Å². The van der Waals surface area contributed by atoms with Crippen LogP contribution in [0.5, 0.6) is 0 Å². The molecule has 1 rings (SSSR count). The van der Waals surface area contributed by atoms with E-state index in [1.165, 1.54) is 6.92 Å². The summed E-state index contributed by atoms with van der Waals surface area (Å²) in [5.41, 5.74) is 0.391. The molecular weight excluding hydrogens is 232 g/mol. The Balaban J connectivity index is 2.43. The molecule has 1 amide bonds. The smallest absolute Gasteiger partial charge is 0.331 e. The average molecular weight is 254 g/mol. The van der Waals surface area contributed by atoms with Crippen molar-refractivity contribution in [2.75, 3.05) is 26.2 Å². The first-order valence-electron chi connectivity index (χ1n) is 6.37. The number of hydrogen-bond acceptors (Lipinski definition) is 3. The van der Waals surface area contributed by atoms with E-state index in [0.717, 1.165) is 26.1 Å². The zero-order valence-corrected chi connectivity index (χ0v) is 11.3. The van der Waals surface area contributed by atoms with Crippen LogP contribution in [0.2, 0.25) is 0 Å². The van der Waals surface area contributed by atoms with Gasteiger partial charge in [-0.1, -0.05) is 6.92 Å². The molecule has 1 aliphatic rings. The van der Waals surface area contributed by atoms with Crippen LogP contribution in [0.4, 0.5) is 0 Å². The molecule has 0 bridgehead atoms. The number of carboxylic acid groups (broad SMARTS) is 1. The molecule has 0 spiro atoms. The highest BCUT2D eigenvalue weighted by atomic mass is 16.4. The Morgan fingerprint density at radius 1 is 1.33 bits per heavy atom. The van der Waals surface area contributed by atoms with Crippen LogP contribution in [0.3, 0.4) is 0 Å². The molecule has 0 saturated carbocycles. The molecule has 0 radical (unpaired) electrons. The zero-order chi connectivity index (χ0) is 13.7. The first-order valence-corrected chi connectivity index (χ1v) is 6.37. The van der Waals surface area contributed by atoms with Gasteiger partial charge in [-0.15, -0.1) is 0 Å². The lowest BCUT2D eigenvalue weighted by molar-refractivity contribution is -0.133. The fourth-order valence-electron chi connectivity index (χ4n) is 2.07. The zero-order valence-electron chi connectivity index (χ0n) is 11.3. The summed E-state index contributed by atoms with van der Waals surface area (Å²) in [7, 11) is 0. The summed E-state index contributed by atoms with van der Waals surface area (Å²) in [5, 5.41) is 11.6. The van der Waals surface area contributed by atoms with E-state index in [9.17, 15) is 9.59 Å². The number of nitrogens with zero attached hydrogens (tertiary/aromatic N) is 1. The molecule has 102 valence electrons. The third kappa shape index (κ3) is 3.84. The summed E-state index contributed by atoms with van der Waals surface area (Å²) in [4.78, 5) is 24.8. The lowest BCUT2D eigenvalue weighted by Gasteiger charge is -2.14. The van der Waals surface area contributed by atoms with Crippen LogP contribution >= 0.6 is 0 Å². The summed E-state index contributed by atoms with van der Waals surface area (Å²) in [6.07, 6.45) is 1.09. The highest BCUT2D eigenvalue weighted by Gasteiger charge is 2.22. The minimum Gasteiger partial charge on any atom is -0.478 e. The minimum absolute atomic E-state index is 0.106. The first-order chi connectivity index (χ1) is 8.45. The Labute approximate surface area is 108 Å². The Bertz CT molecular complexity index is 363. The standard InChI is InChI=1S/C13H22N2O3/c1-4-15-6-5-11(8-15)7-14-12(16)9(2)10(3)13(17)18/h11H,4-8H2,1-3H3,(H,14,16)(H,17,18). The molecular formula is C13H22N2O3. The molecule has 1 atom stereocenters. The van der Waals surface area contributed by atoms with Crippen molar-refractivity contribution in [3.05, 3.63) is 11.1 Å². The number of amides is 1. The van der Waals surface area contributed by atoms with E-state index >= 15 is 0 Å². The van der Waals surface area contributed by atoms with Crippen molar-refractivity contribution in [3.8, 4) is 0 Å². The average Bonchev–Trinajstić information content (AvgIpc) is 2.81. The quantitative estimate of drug-likeness (QED) is 0.714. The van der Waals surface area contributed by atoms with Crippen LogP contribution < -0.4 is 5.32 Å². The van der Waals surface area contributed by atoms with E-state index in [1.807, 2.05) is 0 Å². The van der Waals surface area contributed by atoms with Crippen molar-refractivity contribution in [3.63, 3.8) is 0 Å². The van der Waals surface area contributed by atoms with E-state index < -0.39 is 5.97 Å². The number of likely N-dealkylation sites (tertiary alicyclic amines) is 1. The van der Waals surface area contributed by atoms with Gasteiger partial charge in [0.1, 0.15) is 0 Å². The van der Waals surface area contributed by atoms with Gasteiger partial charge in [-0.05, 0) is 39.3 Å². The van der Waals surface area contributed by atoms with E-state index in [0.29, 0.717) is 12.5 Å². The maximum atomic E-state index is 11.8. The van der Waals surface area contributed by atoms with Gasteiger partial charge in [-0.3, -0.25) is 4.79 Å². The van der Waals surface area contributed by atoms with Crippen molar-refractivity contribution in [1.82, 2.24) is 10.2 Å². The van der Waals surface area contributed by atoms with Crippen molar-refractivity contribution >= 4 is 11.9 Å². The third-order valence-corrected chi connectivity index (χ3v) is 3.59. The molecule has 0 aromatic heterocycles. The van der Waals surface area contributed by atoms with Gasteiger partial charge in [0.05, 0.1) is 0 Å². The van der Waals surface area contributed by atoms with Crippen LogP contribution in [-0.2, 0) is 9.59 Å². The molecule has 0 aliphatic carbocycles. The van der Waals surface area contributed by atoms with Gasteiger partial charge in [0, 0.05) is 24.2 Å². The number of rotatable bonds is 5. The topological polar surface area (TPSA) is 69.6 Å². The molecule has 18 heavy (non-hydrogen) atoms. The second kappa shape index (κ2) is 6.54. The third-order valence-electron chi connectivity index (χ3n) is 3.59. The minimum atomic E-state index is -1.04. The summed E-state index contributed by atoms with van der Waals surface area (Å²) < 4.78 is 0. The van der Waals surface area contributed by atoms with Crippen LogP contribution in [0.1, 0.15) is 27.2 Å². The Morgan fingerprint density at radius 2 is 2.00 bits per heavy atom. The van der Waals surface area contributed by atoms with Gasteiger partial charge < -0.3 is 15.3 Å². The second-order valence-corrected chi connectivity index (χ2v) is 4.81. The first kappa shape index (κ1) is 14.7. The van der Waals surface area contributed by atoms with Crippen LogP contribution in [0, 0.1) is 5.92 Å². The molecule has 1 aliphatic heterocycles. The molecule has 1 fully saturated rings. The van der Waals surface area contributed by atoms with Crippen molar-refractivity contribution in [1.29, 1.82) is 0 Å². The number of hydrogen-bond donors (Lipinski definition) is 2. The SMILES string of the molecule is CCN1CCC(CNC(=O)C(C)=C(C)C(=O)O)C1. The highest BCUT2D eigenvalue weighted by molar-refractivity contribution is 6.01. The van der Waals surface area contributed by atoms with Gasteiger partial charge >= 0.3 is 5.97 Å². The van der Waals surface area contributed by atoms with Gasteiger partial charge in [0.15, 0.2) is 0 Å². The number of aliphatic carboxylic acids is 1. The summed E-state index contributed by atoms with van der Waals surface area (Å²) in [5.74, 6) is -0.836. The maximum Gasteiger partial charge on any atom is 0.331 e. The normalized spacial score (nSPS) is 21.6. The highest BCUT2D eigenvalue weighted by Crippen LogP contribution is 2.14.